The zero-order chi connectivity index (χ0) is 41.7. The summed E-state index contributed by atoms with van der Waals surface area (Å²) in [6.07, 6.45) is 3.88. The van der Waals surface area contributed by atoms with Crippen molar-refractivity contribution >= 4 is 40.7 Å². The minimum Gasteiger partial charge on any atom is -0.497 e. The van der Waals surface area contributed by atoms with Crippen LogP contribution in [0, 0.1) is 5.92 Å². The third-order valence-corrected chi connectivity index (χ3v) is 11.0. The first-order valence-electron chi connectivity index (χ1n) is 19.3. The second-order valence-corrected chi connectivity index (χ2v) is 14.7. The van der Waals surface area contributed by atoms with Crippen molar-refractivity contribution in [2.75, 3.05) is 36.4 Å². The van der Waals surface area contributed by atoms with Gasteiger partial charge in [-0.05, 0) is 102 Å². The van der Waals surface area contributed by atoms with E-state index in [2.05, 4.69) is 10.6 Å². The van der Waals surface area contributed by atoms with Gasteiger partial charge in [-0.25, -0.2) is 0 Å². The van der Waals surface area contributed by atoms with Gasteiger partial charge in [0.1, 0.15) is 11.5 Å². The number of methoxy groups -OCH3 is 2. The summed E-state index contributed by atoms with van der Waals surface area (Å²) >= 11 is 0. The van der Waals surface area contributed by atoms with Crippen LogP contribution in [-0.4, -0.2) is 65.6 Å². The Balaban J connectivity index is 1.11. The lowest BCUT2D eigenvalue weighted by Gasteiger charge is -2.36. The minimum atomic E-state index is -2.06. The van der Waals surface area contributed by atoms with Gasteiger partial charge in [0.2, 0.25) is 5.91 Å². The molecule has 0 bridgehead atoms. The van der Waals surface area contributed by atoms with Crippen LogP contribution < -0.4 is 25.0 Å². The van der Waals surface area contributed by atoms with Crippen LogP contribution >= 0.6 is 0 Å². The maximum atomic E-state index is 14.5. The summed E-state index contributed by atoms with van der Waals surface area (Å²) in [5.74, 6) is -0.978. The van der Waals surface area contributed by atoms with Gasteiger partial charge in [0, 0.05) is 46.9 Å². The van der Waals surface area contributed by atoms with E-state index in [1.54, 1.807) is 129 Å². The number of carbonyl (C=O) groups excluding carboxylic acids is 4. The van der Waals surface area contributed by atoms with Gasteiger partial charge in [0.25, 0.3) is 17.7 Å². The van der Waals surface area contributed by atoms with Crippen LogP contribution in [-0.2, 0) is 34.7 Å². The van der Waals surface area contributed by atoms with Crippen molar-refractivity contribution in [2.24, 2.45) is 5.92 Å². The molecule has 5 aromatic carbocycles. The molecule has 4 N–H and O–H groups in total. The summed E-state index contributed by atoms with van der Waals surface area (Å²) < 4.78 is 10.4. The summed E-state index contributed by atoms with van der Waals surface area (Å²) in [6.45, 7) is 2.03. The fourth-order valence-corrected chi connectivity index (χ4v) is 7.62. The Bertz CT molecular complexity index is 2380. The molecule has 0 aliphatic carbocycles. The number of anilines is 3. The van der Waals surface area contributed by atoms with Crippen LogP contribution in [0.25, 0.3) is 0 Å². The molecule has 3 atom stereocenters. The normalized spacial score (nSPS) is 17.6. The van der Waals surface area contributed by atoms with E-state index >= 15 is 0 Å². The first-order chi connectivity index (χ1) is 28.5. The number of benzene rings is 5. The number of nitrogens with one attached hydrogen (secondary N) is 2. The number of carbonyl (C=O) groups is 4. The largest absolute Gasteiger partial charge is 0.497 e. The van der Waals surface area contributed by atoms with Gasteiger partial charge >= 0.3 is 0 Å². The van der Waals surface area contributed by atoms with Crippen molar-refractivity contribution in [3.63, 3.8) is 0 Å². The van der Waals surface area contributed by atoms with E-state index in [-0.39, 0.29) is 43.3 Å². The Morgan fingerprint density at radius 2 is 1.39 bits per heavy atom. The van der Waals surface area contributed by atoms with E-state index in [4.69, 9.17) is 9.47 Å². The van der Waals surface area contributed by atoms with E-state index in [1.165, 1.54) is 4.90 Å². The highest BCUT2D eigenvalue weighted by atomic mass is 16.5. The topological polar surface area (TPSA) is 158 Å². The highest BCUT2D eigenvalue weighted by Gasteiger charge is 2.52. The standard InChI is InChI=1S/C47H46N4O8/c1-30(7-6-10-43(53)50-28-35-9-5-4-8-34(35)25-38(50)29-52)47(57)41-26-37(49-45(55)33-15-22-40(59-3)23-16-33)19-24-42(41)51(46(47)56)27-31-11-17-36(18-12-31)48-44(54)32-13-20-39(58-2)21-14-32/h4-9,11-24,26,30,38,52,57H,10,25,27-29H2,1-3H3,(H,48,54)(H,49,55)/b7-6+/t30-,38+,47+/m1/s1. The maximum absolute atomic E-state index is 14.5. The molecule has 0 saturated heterocycles. The molecule has 0 aromatic heterocycles. The summed E-state index contributed by atoms with van der Waals surface area (Å²) in [5, 5.41) is 28.4. The van der Waals surface area contributed by atoms with Crippen molar-refractivity contribution in [3.05, 3.63) is 161 Å². The molecule has 0 unspecified atom stereocenters. The number of fused-ring (bicyclic) bond motifs is 2. The molecule has 2 aliphatic rings. The number of amides is 4. The highest BCUT2D eigenvalue weighted by molar-refractivity contribution is 6.09. The average Bonchev–Trinajstić information content (AvgIpc) is 3.48. The Hall–Kier alpha value is -6.76. The fraction of sp³-hybridized carbons (Fsp3) is 0.234. The van der Waals surface area contributed by atoms with Gasteiger partial charge in [0.05, 0.1) is 39.1 Å². The lowest BCUT2D eigenvalue weighted by Crippen LogP contribution is -2.46. The molecule has 2 heterocycles. The van der Waals surface area contributed by atoms with Crippen molar-refractivity contribution in [1.29, 1.82) is 0 Å². The average molecular weight is 795 g/mol. The lowest BCUT2D eigenvalue weighted by atomic mass is 9.82. The number of nitrogens with zero attached hydrogens (tertiary/aromatic N) is 2. The molecule has 2 aliphatic heterocycles. The molecule has 7 rings (SSSR count). The van der Waals surface area contributed by atoms with E-state index < -0.39 is 17.4 Å². The van der Waals surface area contributed by atoms with Crippen LogP contribution in [0.3, 0.4) is 0 Å². The molecule has 59 heavy (non-hydrogen) atoms. The molecule has 302 valence electrons. The smallest absolute Gasteiger partial charge is 0.264 e. The third kappa shape index (κ3) is 8.45. The quantitative estimate of drug-likeness (QED) is 0.0989. The number of ether oxygens (including phenoxy) is 2. The second-order valence-electron chi connectivity index (χ2n) is 14.7. The molecular weight excluding hydrogens is 749 g/mol. The monoisotopic (exact) mass is 794 g/mol. The molecule has 12 nitrogen and oxygen atoms in total. The molecule has 12 heteroatoms. The Morgan fingerprint density at radius 1 is 0.814 bits per heavy atom. The zero-order valence-electron chi connectivity index (χ0n) is 33.1. The van der Waals surface area contributed by atoms with Crippen LogP contribution in [0.2, 0.25) is 0 Å². The number of aliphatic hydroxyl groups is 2. The van der Waals surface area contributed by atoms with Gasteiger partial charge in [-0.3, -0.25) is 19.2 Å². The Labute approximate surface area is 342 Å². The number of hydrogen-bond acceptors (Lipinski definition) is 8. The molecule has 0 fully saturated rings. The molecule has 4 amide bonds. The van der Waals surface area contributed by atoms with Crippen molar-refractivity contribution in [2.45, 2.75) is 44.5 Å². The summed E-state index contributed by atoms with van der Waals surface area (Å²) in [5.41, 5.74) is 3.39. The van der Waals surface area contributed by atoms with Crippen LogP contribution in [0.15, 0.2) is 127 Å². The zero-order valence-corrected chi connectivity index (χ0v) is 33.1. The Morgan fingerprint density at radius 3 is 1.98 bits per heavy atom. The lowest BCUT2D eigenvalue weighted by molar-refractivity contribution is -0.139. The van der Waals surface area contributed by atoms with Crippen molar-refractivity contribution < 1.29 is 38.9 Å². The van der Waals surface area contributed by atoms with E-state index in [0.717, 1.165) is 16.7 Å². The molecular formula is C47H46N4O8. The van der Waals surface area contributed by atoms with Gasteiger partial charge in [-0.2, -0.15) is 0 Å². The van der Waals surface area contributed by atoms with Crippen molar-refractivity contribution in [1.82, 2.24) is 4.90 Å². The van der Waals surface area contributed by atoms with Crippen molar-refractivity contribution in [3.8, 4) is 11.5 Å². The van der Waals surface area contributed by atoms with Crippen LogP contribution in [0.1, 0.15) is 56.3 Å². The van der Waals surface area contributed by atoms with E-state index in [9.17, 15) is 29.4 Å². The number of hydrogen-bond donors (Lipinski definition) is 4. The van der Waals surface area contributed by atoms with Crippen LogP contribution in [0.5, 0.6) is 11.5 Å². The van der Waals surface area contributed by atoms with Crippen LogP contribution in [0.4, 0.5) is 17.1 Å². The van der Waals surface area contributed by atoms with Gasteiger partial charge in [0.15, 0.2) is 5.60 Å². The predicted octanol–water partition coefficient (Wildman–Crippen LogP) is 6.47. The Kier molecular flexibility index (Phi) is 11.9. The predicted molar refractivity (Wildman–Crippen MR) is 224 cm³/mol. The SMILES string of the molecule is COc1ccc(C(=O)Nc2ccc(CN3C(=O)[C@](O)([C@H](C)/C=C/CC(=O)N4Cc5ccccc5C[C@H]4CO)c4cc(NC(=O)c5ccc(OC)cc5)ccc43)cc2)cc1. The van der Waals surface area contributed by atoms with E-state index in [1.807, 2.05) is 24.3 Å². The first-order valence-corrected chi connectivity index (χ1v) is 19.3. The van der Waals surface area contributed by atoms with Gasteiger partial charge in [-0.15, -0.1) is 0 Å². The second kappa shape index (κ2) is 17.4. The first kappa shape index (κ1) is 40.4. The van der Waals surface area contributed by atoms with Gasteiger partial charge in [-0.1, -0.05) is 55.5 Å². The third-order valence-electron chi connectivity index (χ3n) is 11.0. The van der Waals surface area contributed by atoms with Gasteiger partial charge < -0.3 is 40.1 Å². The molecule has 0 radical (unpaired) electrons. The molecule has 5 aromatic rings. The fourth-order valence-electron chi connectivity index (χ4n) is 7.62. The minimum absolute atomic E-state index is 0.00313. The molecule has 0 spiro atoms. The maximum Gasteiger partial charge on any atom is 0.264 e. The van der Waals surface area contributed by atoms with E-state index in [0.29, 0.717) is 58.2 Å². The highest BCUT2D eigenvalue weighted by Crippen LogP contribution is 2.47. The summed E-state index contributed by atoms with van der Waals surface area (Å²) in [6, 6.07) is 33.0. The summed E-state index contributed by atoms with van der Waals surface area (Å²) in [4.78, 5) is 57.3. The molecule has 0 saturated carbocycles. The number of rotatable bonds is 13. The summed E-state index contributed by atoms with van der Waals surface area (Å²) in [7, 11) is 3.10. The number of aliphatic hydroxyl groups excluding tert-OH is 1.